The summed E-state index contributed by atoms with van der Waals surface area (Å²) < 4.78 is 0. The highest BCUT2D eigenvalue weighted by molar-refractivity contribution is 7.80. The smallest absolute Gasteiger partial charge is 0.184 e. The number of thiocarbonyl (C=S) groups is 1. The SMILES string of the molecule is NC(=S)NN=C1CC[CH]CC1. The molecule has 3 nitrogen and oxygen atoms in total. The summed E-state index contributed by atoms with van der Waals surface area (Å²) in [7, 11) is 0. The summed E-state index contributed by atoms with van der Waals surface area (Å²) >= 11 is 4.62. The molecule has 0 aromatic carbocycles. The van der Waals surface area contributed by atoms with E-state index in [0.29, 0.717) is 0 Å². The fraction of sp³-hybridized carbons (Fsp3) is 0.571. The standard InChI is InChI=1S/C7H12N3S/c8-7(11)10-9-6-4-2-1-3-5-6/h1H,2-5H2,(H3,8,10,11). The molecule has 11 heavy (non-hydrogen) atoms. The Hall–Kier alpha value is -0.640. The Morgan fingerprint density at radius 2 is 2.18 bits per heavy atom. The van der Waals surface area contributed by atoms with E-state index in [-0.39, 0.29) is 5.11 Å². The van der Waals surface area contributed by atoms with Gasteiger partial charge in [-0.15, -0.1) is 0 Å². The molecule has 0 bridgehead atoms. The second-order valence-electron chi connectivity index (χ2n) is 2.52. The van der Waals surface area contributed by atoms with E-state index in [1.807, 2.05) is 0 Å². The zero-order chi connectivity index (χ0) is 8.10. The fourth-order valence-corrected chi connectivity index (χ4v) is 1.10. The molecule has 1 rings (SSSR count). The molecule has 0 atom stereocenters. The van der Waals surface area contributed by atoms with E-state index >= 15 is 0 Å². The lowest BCUT2D eigenvalue weighted by Crippen LogP contribution is -2.25. The molecule has 1 aliphatic rings. The van der Waals surface area contributed by atoms with Gasteiger partial charge in [0.05, 0.1) is 0 Å². The van der Waals surface area contributed by atoms with Gasteiger partial charge in [0.2, 0.25) is 0 Å². The molecule has 0 aliphatic heterocycles. The van der Waals surface area contributed by atoms with Gasteiger partial charge in [-0.1, -0.05) is 0 Å². The van der Waals surface area contributed by atoms with Gasteiger partial charge in [-0.05, 0) is 44.3 Å². The lowest BCUT2D eigenvalue weighted by molar-refractivity contribution is 0.801. The van der Waals surface area contributed by atoms with Crippen LogP contribution in [0.2, 0.25) is 0 Å². The lowest BCUT2D eigenvalue weighted by Gasteiger charge is -2.11. The topological polar surface area (TPSA) is 50.4 Å². The van der Waals surface area contributed by atoms with Crippen molar-refractivity contribution in [1.29, 1.82) is 0 Å². The molecule has 0 aromatic rings. The maximum atomic E-state index is 5.22. The van der Waals surface area contributed by atoms with Crippen LogP contribution in [-0.4, -0.2) is 10.8 Å². The van der Waals surface area contributed by atoms with Crippen molar-refractivity contribution in [3.63, 3.8) is 0 Å². The van der Waals surface area contributed by atoms with Crippen LogP contribution in [-0.2, 0) is 0 Å². The zero-order valence-electron chi connectivity index (χ0n) is 6.34. The molecule has 3 N–H and O–H groups in total. The molecule has 0 aromatic heterocycles. The second-order valence-corrected chi connectivity index (χ2v) is 2.96. The van der Waals surface area contributed by atoms with Crippen LogP contribution < -0.4 is 11.2 Å². The Morgan fingerprint density at radius 1 is 1.55 bits per heavy atom. The maximum Gasteiger partial charge on any atom is 0.184 e. The van der Waals surface area contributed by atoms with E-state index < -0.39 is 0 Å². The van der Waals surface area contributed by atoms with Gasteiger partial charge in [-0.3, -0.25) is 5.43 Å². The van der Waals surface area contributed by atoms with Crippen LogP contribution in [0.3, 0.4) is 0 Å². The summed E-state index contributed by atoms with van der Waals surface area (Å²) in [6, 6.07) is 0. The van der Waals surface area contributed by atoms with Crippen molar-refractivity contribution in [2.45, 2.75) is 25.7 Å². The van der Waals surface area contributed by atoms with Crippen LogP contribution in [0.15, 0.2) is 5.10 Å². The molecular weight excluding hydrogens is 158 g/mol. The van der Waals surface area contributed by atoms with E-state index in [1.54, 1.807) is 0 Å². The van der Waals surface area contributed by atoms with Crippen LogP contribution >= 0.6 is 12.2 Å². The van der Waals surface area contributed by atoms with Gasteiger partial charge in [-0.25, -0.2) is 0 Å². The fourth-order valence-electron chi connectivity index (χ4n) is 1.05. The molecule has 61 valence electrons. The van der Waals surface area contributed by atoms with E-state index in [0.717, 1.165) is 25.7 Å². The van der Waals surface area contributed by atoms with E-state index in [1.165, 1.54) is 5.71 Å². The summed E-state index contributed by atoms with van der Waals surface area (Å²) in [5.74, 6) is 0. The molecule has 0 amide bonds. The molecule has 0 spiro atoms. The predicted molar refractivity (Wildman–Crippen MR) is 50.1 cm³/mol. The number of hydrogen-bond acceptors (Lipinski definition) is 2. The molecule has 1 saturated carbocycles. The number of rotatable bonds is 1. The van der Waals surface area contributed by atoms with E-state index in [2.05, 4.69) is 29.2 Å². The Labute approximate surface area is 72.0 Å². The number of hydrazone groups is 1. The van der Waals surface area contributed by atoms with Crippen molar-refractivity contribution in [2.24, 2.45) is 10.8 Å². The monoisotopic (exact) mass is 170 g/mol. The van der Waals surface area contributed by atoms with E-state index in [9.17, 15) is 0 Å². The zero-order valence-corrected chi connectivity index (χ0v) is 7.16. The third kappa shape index (κ3) is 3.32. The summed E-state index contributed by atoms with van der Waals surface area (Å²) in [6.45, 7) is 0. The van der Waals surface area contributed by atoms with Crippen molar-refractivity contribution in [1.82, 2.24) is 5.43 Å². The third-order valence-corrected chi connectivity index (χ3v) is 1.69. The first-order valence-electron chi connectivity index (χ1n) is 3.71. The third-order valence-electron chi connectivity index (χ3n) is 1.60. The molecule has 1 fully saturated rings. The molecule has 0 unspecified atom stereocenters. The van der Waals surface area contributed by atoms with Gasteiger partial charge in [0.1, 0.15) is 0 Å². The molecule has 4 heteroatoms. The highest BCUT2D eigenvalue weighted by Gasteiger charge is 2.06. The summed E-state index contributed by atoms with van der Waals surface area (Å²) in [6.07, 6.45) is 6.60. The van der Waals surface area contributed by atoms with E-state index in [4.69, 9.17) is 5.73 Å². The van der Waals surface area contributed by atoms with Crippen molar-refractivity contribution >= 4 is 23.0 Å². The quantitative estimate of drug-likeness (QED) is 0.455. The van der Waals surface area contributed by atoms with Crippen LogP contribution in [0.5, 0.6) is 0 Å². The average Bonchev–Trinajstić information content (AvgIpc) is 2.03. The molecule has 1 aliphatic carbocycles. The van der Waals surface area contributed by atoms with Crippen LogP contribution in [0.4, 0.5) is 0 Å². The highest BCUT2D eigenvalue weighted by atomic mass is 32.1. The second kappa shape index (κ2) is 4.28. The summed E-state index contributed by atoms with van der Waals surface area (Å²) in [5.41, 5.74) is 8.98. The highest BCUT2D eigenvalue weighted by Crippen LogP contribution is 2.12. The first kappa shape index (κ1) is 8.46. The molecule has 0 heterocycles. The average molecular weight is 170 g/mol. The lowest BCUT2D eigenvalue weighted by atomic mass is 9.99. The molecule has 1 radical (unpaired) electrons. The van der Waals surface area contributed by atoms with Crippen LogP contribution in [0.1, 0.15) is 25.7 Å². The minimum absolute atomic E-state index is 0.243. The molecular formula is C7H12N3S. The maximum absolute atomic E-state index is 5.22. The van der Waals surface area contributed by atoms with Gasteiger partial charge in [-0.2, -0.15) is 5.10 Å². The van der Waals surface area contributed by atoms with Crippen molar-refractivity contribution in [3.8, 4) is 0 Å². The Balaban J connectivity index is 2.32. The number of nitrogens with one attached hydrogen (secondary N) is 1. The number of nitrogens with zero attached hydrogens (tertiary/aromatic N) is 1. The normalized spacial score (nSPS) is 17.6. The first-order valence-corrected chi connectivity index (χ1v) is 4.12. The van der Waals surface area contributed by atoms with Crippen molar-refractivity contribution < 1.29 is 0 Å². The first-order chi connectivity index (χ1) is 5.29. The summed E-state index contributed by atoms with van der Waals surface area (Å²) in [4.78, 5) is 0. The van der Waals surface area contributed by atoms with Gasteiger partial charge in [0.25, 0.3) is 0 Å². The van der Waals surface area contributed by atoms with Crippen LogP contribution in [0, 0.1) is 6.42 Å². The minimum Gasteiger partial charge on any atom is -0.375 e. The van der Waals surface area contributed by atoms with Crippen molar-refractivity contribution in [3.05, 3.63) is 6.42 Å². The number of nitrogens with two attached hydrogens (primary N) is 1. The largest absolute Gasteiger partial charge is 0.375 e. The van der Waals surface area contributed by atoms with Crippen LogP contribution in [0.25, 0.3) is 0 Å². The Morgan fingerprint density at radius 3 is 2.73 bits per heavy atom. The minimum atomic E-state index is 0.243. The summed E-state index contributed by atoms with van der Waals surface area (Å²) in [5, 5.41) is 4.31. The Kier molecular flexibility index (Phi) is 3.29. The predicted octanol–water partition coefficient (Wildman–Crippen LogP) is 0.954. The molecule has 0 saturated heterocycles. The van der Waals surface area contributed by atoms with Gasteiger partial charge >= 0.3 is 0 Å². The Bertz CT molecular complexity index is 169. The van der Waals surface area contributed by atoms with Gasteiger partial charge in [0.15, 0.2) is 5.11 Å². The van der Waals surface area contributed by atoms with Gasteiger partial charge in [0, 0.05) is 5.71 Å². The number of hydrogen-bond donors (Lipinski definition) is 2. The van der Waals surface area contributed by atoms with Crippen molar-refractivity contribution in [2.75, 3.05) is 0 Å². The van der Waals surface area contributed by atoms with Gasteiger partial charge < -0.3 is 5.73 Å².